The van der Waals surface area contributed by atoms with Crippen LogP contribution >= 0.6 is 0 Å². The highest BCUT2D eigenvalue weighted by Crippen LogP contribution is 2.09. The lowest BCUT2D eigenvalue weighted by Gasteiger charge is -2.26. The summed E-state index contributed by atoms with van der Waals surface area (Å²) < 4.78 is 5.01. The minimum Gasteiger partial charge on any atom is -0.481 e. The van der Waals surface area contributed by atoms with Crippen molar-refractivity contribution in [1.82, 2.24) is 9.80 Å². The van der Waals surface area contributed by atoms with Crippen LogP contribution in [0.25, 0.3) is 0 Å². The van der Waals surface area contributed by atoms with Crippen LogP contribution < -0.4 is 0 Å². The van der Waals surface area contributed by atoms with E-state index in [0.717, 1.165) is 32.4 Å². The molecule has 1 amide bonds. The Labute approximate surface area is 120 Å². The fourth-order valence-corrected chi connectivity index (χ4v) is 2.39. The van der Waals surface area contributed by atoms with E-state index in [1.165, 1.54) is 0 Å². The highest BCUT2D eigenvalue weighted by atomic mass is 16.5. The number of ether oxygens (including phenoxy) is 1. The number of carbonyl (C=O) groups excluding carboxylic acids is 1. The van der Waals surface area contributed by atoms with Crippen LogP contribution in [0.1, 0.15) is 26.2 Å². The van der Waals surface area contributed by atoms with Crippen LogP contribution in [0.5, 0.6) is 0 Å². The molecule has 1 rings (SSSR count). The van der Waals surface area contributed by atoms with Gasteiger partial charge in [0.2, 0.25) is 5.91 Å². The fourth-order valence-electron chi connectivity index (χ4n) is 2.39. The van der Waals surface area contributed by atoms with Gasteiger partial charge in [-0.3, -0.25) is 14.5 Å². The van der Waals surface area contributed by atoms with Crippen LogP contribution in [0.3, 0.4) is 0 Å². The first kappa shape index (κ1) is 16.9. The van der Waals surface area contributed by atoms with E-state index in [1.54, 1.807) is 14.0 Å². The topological polar surface area (TPSA) is 70.1 Å². The van der Waals surface area contributed by atoms with Gasteiger partial charge in [0, 0.05) is 39.9 Å². The molecule has 20 heavy (non-hydrogen) atoms. The monoisotopic (exact) mass is 286 g/mol. The van der Waals surface area contributed by atoms with Gasteiger partial charge in [-0.05, 0) is 19.3 Å². The van der Waals surface area contributed by atoms with Crippen molar-refractivity contribution in [2.45, 2.75) is 26.2 Å². The van der Waals surface area contributed by atoms with E-state index in [0.29, 0.717) is 26.2 Å². The highest BCUT2D eigenvalue weighted by Gasteiger charge is 2.22. The number of methoxy groups -OCH3 is 1. The molecule has 1 heterocycles. The average molecular weight is 286 g/mol. The smallest absolute Gasteiger partial charge is 0.307 e. The summed E-state index contributed by atoms with van der Waals surface area (Å²) in [5.41, 5.74) is 0. The van der Waals surface area contributed by atoms with Crippen LogP contribution in [0.2, 0.25) is 0 Å². The van der Waals surface area contributed by atoms with Gasteiger partial charge in [0.15, 0.2) is 0 Å². The first-order valence-corrected chi connectivity index (χ1v) is 7.26. The number of rotatable bonds is 9. The molecule has 1 fully saturated rings. The Hall–Kier alpha value is -1.14. The van der Waals surface area contributed by atoms with Crippen LogP contribution in [0.4, 0.5) is 0 Å². The quantitative estimate of drug-likeness (QED) is 0.631. The lowest BCUT2D eigenvalue weighted by Crippen LogP contribution is -2.42. The number of carbonyl (C=O) groups is 2. The Morgan fingerprint density at radius 3 is 2.55 bits per heavy atom. The van der Waals surface area contributed by atoms with E-state index in [1.807, 2.05) is 9.80 Å². The number of nitrogens with zero attached hydrogens (tertiary/aromatic N) is 2. The van der Waals surface area contributed by atoms with Gasteiger partial charge < -0.3 is 14.7 Å². The summed E-state index contributed by atoms with van der Waals surface area (Å²) >= 11 is 0. The predicted molar refractivity (Wildman–Crippen MR) is 75.5 cm³/mol. The molecule has 1 atom stereocenters. The third kappa shape index (κ3) is 5.88. The molecule has 1 N–H and O–H groups in total. The third-order valence-electron chi connectivity index (χ3n) is 3.59. The van der Waals surface area contributed by atoms with E-state index < -0.39 is 11.9 Å². The Morgan fingerprint density at radius 1 is 1.35 bits per heavy atom. The van der Waals surface area contributed by atoms with Crippen molar-refractivity contribution in [3.8, 4) is 0 Å². The molecule has 0 aliphatic carbocycles. The molecule has 0 saturated carbocycles. The zero-order chi connectivity index (χ0) is 15.0. The summed E-state index contributed by atoms with van der Waals surface area (Å²) in [4.78, 5) is 26.9. The van der Waals surface area contributed by atoms with Gasteiger partial charge in [0.05, 0.1) is 12.5 Å². The molecule has 1 saturated heterocycles. The van der Waals surface area contributed by atoms with Crippen molar-refractivity contribution in [3.05, 3.63) is 0 Å². The number of likely N-dealkylation sites (tertiary alicyclic amines) is 1. The van der Waals surface area contributed by atoms with Gasteiger partial charge in [-0.1, -0.05) is 6.92 Å². The zero-order valence-corrected chi connectivity index (χ0v) is 12.5. The zero-order valence-electron chi connectivity index (χ0n) is 12.5. The molecule has 6 heteroatoms. The van der Waals surface area contributed by atoms with Crippen LogP contribution in [0.15, 0.2) is 0 Å². The van der Waals surface area contributed by atoms with E-state index in [2.05, 4.69) is 0 Å². The maximum absolute atomic E-state index is 12.1. The second-order valence-corrected chi connectivity index (χ2v) is 5.41. The van der Waals surface area contributed by atoms with Gasteiger partial charge in [0.1, 0.15) is 0 Å². The Balaban J connectivity index is 2.47. The van der Waals surface area contributed by atoms with Crippen molar-refractivity contribution in [2.75, 3.05) is 46.4 Å². The largest absolute Gasteiger partial charge is 0.481 e. The Bertz CT molecular complexity index is 316. The lowest BCUT2D eigenvalue weighted by molar-refractivity contribution is -0.142. The van der Waals surface area contributed by atoms with E-state index in [-0.39, 0.29) is 5.91 Å². The SMILES string of the molecule is COCCCN(CC(=O)N1CCCC1)CC(C)C(=O)O. The first-order valence-electron chi connectivity index (χ1n) is 7.26. The summed E-state index contributed by atoms with van der Waals surface area (Å²) in [6.45, 7) is 5.35. The van der Waals surface area contributed by atoms with Crippen molar-refractivity contribution in [1.29, 1.82) is 0 Å². The summed E-state index contributed by atoms with van der Waals surface area (Å²) in [6, 6.07) is 0. The van der Waals surface area contributed by atoms with Gasteiger partial charge in [-0.25, -0.2) is 0 Å². The number of hydrogen-bond acceptors (Lipinski definition) is 4. The van der Waals surface area contributed by atoms with E-state index >= 15 is 0 Å². The van der Waals surface area contributed by atoms with E-state index in [9.17, 15) is 9.59 Å². The number of carboxylic acid groups (broad SMARTS) is 1. The highest BCUT2D eigenvalue weighted by molar-refractivity contribution is 5.78. The minimum atomic E-state index is -0.824. The summed E-state index contributed by atoms with van der Waals surface area (Å²) in [5.74, 6) is -1.18. The Kier molecular flexibility index (Phi) is 7.54. The van der Waals surface area contributed by atoms with Crippen molar-refractivity contribution < 1.29 is 19.4 Å². The number of hydrogen-bond donors (Lipinski definition) is 1. The number of aliphatic carboxylic acids is 1. The van der Waals surface area contributed by atoms with Gasteiger partial charge in [-0.15, -0.1) is 0 Å². The molecule has 1 aliphatic rings. The molecule has 0 aromatic carbocycles. The van der Waals surface area contributed by atoms with Crippen LogP contribution in [0, 0.1) is 5.92 Å². The summed E-state index contributed by atoms with van der Waals surface area (Å²) in [6.07, 6.45) is 2.94. The second kappa shape index (κ2) is 8.92. The first-order chi connectivity index (χ1) is 9.54. The standard InChI is InChI=1S/C14H26N2O4/c1-12(14(18)19)10-15(6-5-9-20-2)11-13(17)16-7-3-4-8-16/h12H,3-11H2,1-2H3,(H,18,19). The van der Waals surface area contributed by atoms with Crippen LogP contribution in [-0.2, 0) is 14.3 Å². The molecule has 0 radical (unpaired) electrons. The van der Waals surface area contributed by atoms with Crippen LogP contribution in [-0.4, -0.2) is 73.2 Å². The molecule has 1 aliphatic heterocycles. The molecule has 0 bridgehead atoms. The molecule has 1 unspecified atom stereocenters. The van der Waals surface area contributed by atoms with Crippen molar-refractivity contribution in [2.24, 2.45) is 5.92 Å². The van der Waals surface area contributed by atoms with Gasteiger partial charge >= 0.3 is 5.97 Å². The van der Waals surface area contributed by atoms with Gasteiger partial charge in [0.25, 0.3) is 0 Å². The fraction of sp³-hybridized carbons (Fsp3) is 0.857. The molecule has 116 valence electrons. The van der Waals surface area contributed by atoms with E-state index in [4.69, 9.17) is 9.84 Å². The normalized spacial score (nSPS) is 16.6. The maximum Gasteiger partial charge on any atom is 0.307 e. The average Bonchev–Trinajstić information content (AvgIpc) is 2.92. The predicted octanol–water partition coefficient (Wildman–Crippen LogP) is 0.668. The summed E-state index contributed by atoms with van der Waals surface area (Å²) in [5, 5.41) is 9.00. The molecule has 0 aromatic rings. The van der Waals surface area contributed by atoms with Gasteiger partial charge in [-0.2, -0.15) is 0 Å². The number of carboxylic acids is 1. The lowest BCUT2D eigenvalue weighted by atomic mass is 10.1. The number of amides is 1. The van der Waals surface area contributed by atoms with Crippen molar-refractivity contribution >= 4 is 11.9 Å². The molecule has 0 aromatic heterocycles. The maximum atomic E-state index is 12.1. The molecule has 6 nitrogen and oxygen atoms in total. The summed E-state index contributed by atoms with van der Waals surface area (Å²) in [7, 11) is 1.64. The second-order valence-electron chi connectivity index (χ2n) is 5.41. The third-order valence-corrected chi connectivity index (χ3v) is 3.59. The van der Waals surface area contributed by atoms with Crippen molar-refractivity contribution in [3.63, 3.8) is 0 Å². The minimum absolute atomic E-state index is 0.109. The Morgan fingerprint density at radius 2 is 2.00 bits per heavy atom. The molecular formula is C14H26N2O4. The molecule has 0 spiro atoms. The molecular weight excluding hydrogens is 260 g/mol.